The lowest BCUT2D eigenvalue weighted by atomic mass is 10.0. The number of rotatable bonds is 1. The van der Waals surface area contributed by atoms with Gasteiger partial charge in [-0.15, -0.1) is 11.8 Å². The van der Waals surface area contributed by atoms with Gasteiger partial charge < -0.3 is 0 Å². The molecule has 1 aliphatic heterocycles. The summed E-state index contributed by atoms with van der Waals surface area (Å²) >= 11 is 2.07. The summed E-state index contributed by atoms with van der Waals surface area (Å²) in [6.07, 6.45) is 11.4. The Labute approximate surface area is 112 Å². The SMILES string of the molecule is C1=CC2NC([C]3CCc4ccccc43)SC2C=C1. The van der Waals surface area contributed by atoms with Crippen LogP contribution in [0.1, 0.15) is 17.5 Å². The van der Waals surface area contributed by atoms with Crippen LogP contribution < -0.4 is 5.32 Å². The topological polar surface area (TPSA) is 12.0 Å². The second-order valence-corrected chi connectivity index (χ2v) is 6.41. The van der Waals surface area contributed by atoms with Crippen molar-refractivity contribution in [1.82, 2.24) is 5.32 Å². The van der Waals surface area contributed by atoms with Gasteiger partial charge in [-0.3, -0.25) is 5.32 Å². The predicted octanol–water partition coefficient (Wildman–Crippen LogP) is 3.08. The van der Waals surface area contributed by atoms with E-state index in [9.17, 15) is 0 Å². The van der Waals surface area contributed by atoms with E-state index in [0.29, 0.717) is 16.7 Å². The monoisotopic (exact) mass is 254 g/mol. The smallest absolute Gasteiger partial charge is 0.0651 e. The van der Waals surface area contributed by atoms with E-state index in [1.807, 2.05) is 0 Å². The molecule has 2 heteroatoms. The van der Waals surface area contributed by atoms with Crippen molar-refractivity contribution in [2.75, 3.05) is 0 Å². The van der Waals surface area contributed by atoms with E-state index in [2.05, 4.69) is 65.6 Å². The zero-order chi connectivity index (χ0) is 11.9. The predicted molar refractivity (Wildman–Crippen MR) is 77.5 cm³/mol. The van der Waals surface area contributed by atoms with Gasteiger partial charge in [-0.1, -0.05) is 48.6 Å². The molecule has 4 rings (SSSR count). The molecule has 0 bridgehead atoms. The number of hydrogen-bond acceptors (Lipinski definition) is 2. The molecule has 1 nitrogen and oxygen atoms in total. The molecule has 1 radical (unpaired) electrons. The number of hydrogen-bond donors (Lipinski definition) is 1. The molecule has 2 aliphatic carbocycles. The van der Waals surface area contributed by atoms with E-state index < -0.39 is 0 Å². The van der Waals surface area contributed by atoms with E-state index in [0.717, 1.165) is 0 Å². The van der Waals surface area contributed by atoms with E-state index in [1.165, 1.54) is 24.0 Å². The van der Waals surface area contributed by atoms with Gasteiger partial charge in [0.2, 0.25) is 0 Å². The molecule has 3 atom stereocenters. The minimum Gasteiger partial charge on any atom is -0.297 e. The fraction of sp³-hybridized carbons (Fsp3) is 0.312. The van der Waals surface area contributed by atoms with Crippen molar-refractivity contribution in [2.45, 2.75) is 29.5 Å². The first-order valence-electron chi connectivity index (χ1n) is 6.62. The van der Waals surface area contributed by atoms with E-state index in [1.54, 1.807) is 5.92 Å². The van der Waals surface area contributed by atoms with E-state index >= 15 is 0 Å². The van der Waals surface area contributed by atoms with Crippen LogP contribution in [-0.4, -0.2) is 16.7 Å². The van der Waals surface area contributed by atoms with Gasteiger partial charge in [0.1, 0.15) is 0 Å². The van der Waals surface area contributed by atoms with Crippen LogP contribution in [0.3, 0.4) is 0 Å². The molecule has 0 saturated carbocycles. The van der Waals surface area contributed by atoms with Gasteiger partial charge >= 0.3 is 0 Å². The van der Waals surface area contributed by atoms with Crippen molar-refractivity contribution in [1.29, 1.82) is 0 Å². The molecule has 91 valence electrons. The molecule has 18 heavy (non-hydrogen) atoms. The Hall–Kier alpha value is -0.990. The lowest BCUT2D eigenvalue weighted by Gasteiger charge is -2.19. The molecule has 1 aromatic rings. The molecule has 1 fully saturated rings. The molecular formula is C16H16NS. The molecule has 1 N–H and O–H groups in total. The maximum atomic E-state index is 3.76. The summed E-state index contributed by atoms with van der Waals surface area (Å²) < 4.78 is 0. The second-order valence-electron chi connectivity index (χ2n) is 5.13. The van der Waals surface area contributed by atoms with Gasteiger partial charge in [-0.05, 0) is 24.0 Å². The largest absolute Gasteiger partial charge is 0.297 e. The Morgan fingerprint density at radius 2 is 1.94 bits per heavy atom. The number of benzene rings is 1. The number of thioether (sulfide) groups is 1. The van der Waals surface area contributed by atoms with Crippen LogP contribution in [0.25, 0.3) is 0 Å². The van der Waals surface area contributed by atoms with Gasteiger partial charge in [0.25, 0.3) is 0 Å². The maximum Gasteiger partial charge on any atom is 0.0651 e. The highest BCUT2D eigenvalue weighted by Gasteiger charge is 2.39. The minimum atomic E-state index is 0.496. The van der Waals surface area contributed by atoms with Crippen LogP contribution >= 0.6 is 11.8 Å². The fourth-order valence-electron chi connectivity index (χ4n) is 3.15. The maximum absolute atomic E-state index is 3.76. The zero-order valence-electron chi connectivity index (χ0n) is 10.2. The van der Waals surface area contributed by atoms with Crippen molar-refractivity contribution in [3.63, 3.8) is 0 Å². The van der Waals surface area contributed by atoms with Gasteiger partial charge in [-0.25, -0.2) is 0 Å². The summed E-state index contributed by atoms with van der Waals surface area (Å²) in [5.74, 6) is 1.60. The number of nitrogens with one attached hydrogen (secondary N) is 1. The third kappa shape index (κ3) is 1.67. The second kappa shape index (κ2) is 4.29. The first-order valence-corrected chi connectivity index (χ1v) is 7.56. The summed E-state index contributed by atoms with van der Waals surface area (Å²) in [5, 5.41) is 4.87. The quantitative estimate of drug-likeness (QED) is 0.826. The van der Waals surface area contributed by atoms with E-state index in [-0.39, 0.29) is 0 Å². The number of aryl methyl sites for hydroxylation is 1. The van der Waals surface area contributed by atoms with Crippen LogP contribution in [-0.2, 0) is 6.42 Å². The molecule has 3 unspecified atom stereocenters. The number of allylic oxidation sites excluding steroid dienone is 2. The van der Waals surface area contributed by atoms with Crippen molar-refractivity contribution in [3.05, 3.63) is 65.6 Å². The molecule has 0 amide bonds. The average Bonchev–Trinajstić information content (AvgIpc) is 3.02. The Morgan fingerprint density at radius 3 is 2.89 bits per heavy atom. The highest BCUT2D eigenvalue weighted by molar-refractivity contribution is 8.01. The standard InChI is InChI=1S/C16H16NS/c1-2-6-12-11(5-1)9-10-13(12)16-17-14-7-3-4-8-15(14)18-16/h1-8,14-17H,9-10H2. The average molecular weight is 254 g/mol. The lowest BCUT2D eigenvalue weighted by molar-refractivity contribution is 0.617. The van der Waals surface area contributed by atoms with Crippen molar-refractivity contribution < 1.29 is 0 Å². The Balaban J connectivity index is 1.60. The summed E-state index contributed by atoms with van der Waals surface area (Å²) in [7, 11) is 0. The first-order chi connectivity index (χ1) is 8.92. The highest BCUT2D eigenvalue weighted by Crippen LogP contribution is 2.43. The van der Waals surface area contributed by atoms with Crippen LogP contribution in [0.15, 0.2) is 48.6 Å². The summed E-state index contributed by atoms with van der Waals surface area (Å²) in [6.45, 7) is 0. The third-order valence-electron chi connectivity index (χ3n) is 4.06. The van der Waals surface area contributed by atoms with Crippen LogP contribution in [0.5, 0.6) is 0 Å². The molecular weight excluding hydrogens is 238 g/mol. The van der Waals surface area contributed by atoms with Crippen LogP contribution in [0.2, 0.25) is 0 Å². The molecule has 3 aliphatic rings. The van der Waals surface area contributed by atoms with Gasteiger partial charge in [0.05, 0.1) is 5.37 Å². The van der Waals surface area contributed by atoms with Crippen molar-refractivity contribution >= 4 is 11.8 Å². The zero-order valence-corrected chi connectivity index (χ0v) is 11.0. The number of fused-ring (bicyclic) bond motifs is 2. The van der Waals surface area contributed by atoms with Crippen molar-refractivity contribution in [2.24, 2.45) is 0 Å². The Morgan fingerprint density at radius 1 is 1.06 bits per heavy atom. The molecule has 0 spiro atoms. The van der Waals surface area contributed by atoms with Crippen LogP contribution in [0.4, 0.5) is 0 Å². The van der Waals surface area contributed by atoms with Crippen LogP contribution in [0, 0.1) is 5.92 Å². The molecule has 0 aromatic heterocycles. The molecule has 1 aromatic carbocycles. The van der Waals surface area contributed by atoms with E-state index in [4.69, 9.17) is 0 Å². The third-order valence-corrected chi connectivity index (χ3v) is 5.52. The highest BCUT2D eigenvalue weighted by atomic mass is 32.2. The summed E-state index contributed by atoms with van der Waals surface area (Å²) in [6, 6.07) is 9.39. The molecule has 1 heterocycles. The van der Waals surface area contributed by atoms with Gasteiger partial charge in [0, 0.05) is 17.2 Å². The summed E-state index contributed by atoms with van der Waals surface area (Å²) in [5.41, 5.74) is 3.02. The Bertz CT molecular complexity index is 500. The fourth-order valence-corrected chi connectivity index (χ4v) is 4.63. The Kier molecular flexibility index (Phi) is 2.59. The van der Waals surface area contributed by atoms with Crippen molar-refractivity contribution in [3.8, 4) is 0 Å². The lowest BCUT2D eigenvalue weighted by Crippen LogP contribution is -2.34. The summed E-state index contributed by atoms with van der Waals surface area (Å²) in [4.78, 5) is 0. The van der Waals surface area contributed by atoms with Gasteiger partial charge in [0.15, 0.2) is 0 Å². The normalized spacial score (nSPS) is 33.7. The molecule has 1 saturated heterocycles. The first kappa shape index (κ1) is 10.9. The van der Waals surface area contributed by atoms with Gasteiger partial charge in [-0.2, -0.15) is 0 Å². The minimum absolute atomic E-state index is 0.496.